The van der Waals surface area contributed by atoms with E-state index >= 15 is 0 Å². The summed E-state index contributed by atoms with van der Waals surface area (Å²) in [6.07, 6.45) is 0. The van der Waals surface area contributed by atoms with Crippen molar-refractivity contribution >= 4 is 17.4 Å². The number of carbonyl (C=O) groups excluding carboxylic acids is 1. The minimum atomic E-state index is -0.117. The topological polar surface area (TPSA) is 35.5 Å². The number of ether oxygens (including phenoxy) is 2. The predicted octanol–water partition coefficient (Wildman–Crippen LogP) is 2.24. The molecule has 0 aliphatic rings. The molecule has 0 atom stereocenters. The Morgan fingerprint density at radius 2 is 2.13 bits per heavy atom. The van der Waals surface area contributed by atoms with Crippen LogP contribution in [0.25, 0.3) is 0 Å². The SMILES string of the molecule is COCC(=O)COc1ccc(C)cc1Cl. The number of methoxy groups -OCH3 is 1. The molecular weight excluding hydrogens is 216 g/mol. The van der Waals surface area contributed by atoms with E-state index in [1.165, 1.54) is 7.11 Å². The summed E-state index contributed by atoms with van der Waals surface area (Å²) in [7, 11) is 1.47. The van der Waals surface area contributed by atoms with Crippen molar-refractivity contribution in [1.29, 1.82) is 0 Å². The van der Waals surface area contributed by atoms with Crippen LogP contribution in [-0.4, -0.2) is 26.1 Å². The van der Waals surface area contributed by atoms with Crippen molar-refractivity contribution in [2.75, 3.05) is 20.3 Å². The maximum absolute atomic E-state index is 11.1. The van der Waals surface area contributed by atoms with E-state index in [-0.39, 0.29) is 19.0 Å². The van der Waals surface area contributed by atoms with Crippen molar-refractivity contribution in [2.24, 2.45) is 0 Å². The molecule has 0 spiro atoms. The van der Waals surface area contributed by atoms with Crippen LogP contribution >= 0.6 is 11.6 Å². The summed E-state index contributed by atoms with van der Waals surface area (Å²) in [5, 5.41) is 0.514. The highest BCUT2D eigenvalue weighted by atomic mass is 35.5. The molecule has 1 rings (SSSR count). The predicted molar refractivity (Wildman–Crippen MR) is 58.6 cm³/mol. The van der Waals surface area contributed by atoms with Gasteiger partial charge in [-0.1, -0.05) is 17.7 Å². The van der Waals surface area contributed by atoms with Crippen molar-refractivity contribution in [3.05, 3.63) is 28.8 Å². The van der Waals surface area contributed by atoms with Gasteiger partial charge in [-0.25, -0.2) is 0 Å². The minimum Gasteiger partial charge on any atom is -0.484 e. The zero-order chi connectivity index (χ0) is 11.3. The van der Waals surface area contributed by atoms with Gasteiger partial charge in [-0.3, -0.25) is 4.79 Å². The summed E-state index contributed by atoms with van der Waals surface area (Å²) < 4.78 is 9.92. The van der Waals surface area contributed by atoms with E-state index in [0.29, 0.717) is 10.8 Å². The molecule has 0 bridgehead atoms. The molecule has 82 valence electrons. The van der Waals surface area contributed by atoms with Crippen LogP contribution in [0.15, 0.2) is 18.2 Å². The Balaban J connectivity index is 2.54. The molecule has 1 aromatic rings. The third kappa shape index (κ3) is 3.90. The van der Waals surface area contributed by atoms with Gasteiger partial charge in [0.25, 0.3) is 0 Å². The Kier molecular flexibility index (Phi) is 4.59. The first-order chi connectivity index (χ1) is 7.13. The second-order valence-electron chi connectivity index (χ2n) is 3.19. The number of ketones is 1. The van der Waals surface area contributed by atoms with Gasteiger partial charge in [0.05, 0.1) is 5.02 Å². The molecular formula is C11H13ClO3. The molecule has 0 fully saturated rings. The fourth-order valence-electron chi connectivity index (χ4n) is 1.08. The Labute approximate surface area is 93.9 Å². The summed E-state index contributed by atoms with van der Waals surface area (Å²) in [6.45, 7) is 1.98. The molecule has 0 aromatic heterocycles. The van der Waals surface area contributed by atoms with Crippen LogP contribution in [0.4, 0.5) is 0 Å². The Morgan fingerprint density at radius 1 is 1.40 bits per heavy atom. The molecule has 0 radical (unpaired) electrons. The fraction of sp³-hybridized carbons (Fsp3) is 0.364. The molecule has 4 heteroatoms. The molecule has 0 unspecified atom stereocenters. The van der Waals surface area contributed by atoms with Crippen molar-refractivity contribution < 1.29 is 14.3 Å². The molecule has 0 amide bonds. The average Bonchev–Trinajstić information content (AvgIpc) is 2.17. The molecule has 0 aliphatic heterocycles. The van der Waals surface area contributed by atoms with E-state index < -0.39 is 0 Å². The van der Waals surface area contributed by atoms with Crippen LogP contribution < -0.4 is 4.74 Å². The van der Waals surface area contributed by atoms with E-state index in [1.807, 2.05) is 13.0 Å². The van der Waals surface area contributed by atoms with Crippen LogP contribution in [0.5, 0.6) is 5.75 Å². The van der Waals surface area contributed by atoms with Crippen molar-refractivity contribution in [1.82, 2.24) is 0 Å². The van der Waals surface area contributed by atoms with E-state index in [4.69, 9.17) is 16.3 Å². The quantitative estimate of drug-likeness (QED) is 0.776. The van der Waals surface area contributed by atoms with Crippen molar-refractivity contribution in [3.8, 4) is 5.75 Å². The highest BCUT2D eigenvalue weighted by Crippen LogP contribution is 2.24. The smallest absolute Gasteiger partial charge is 0.195 e. The number of hydrogen-bond acceptors (Lipinski definition) is 3. The summed E-state index contributed by atoms with van der Waals surface area (Å²) in [5.74, 6) is 0.404. The number of rotatable bonds is 5. The maximum atomic E-state index is 11.1. The van der Waals surface area contributed by atoms with Gasteiger partial charge in [-0.15, -0.1) is 0 Å². The van der Waals surface area contributed by atoms with Gasteiger partial charge >= 0.3 is 0 Å². The first-order valence-corrected chi connectivity index (χ1v) is 4.91. The molecule has 0 heterocycles. The third-order valence-corrected chi connectivity index (χ3v) is 2.08. The number of benzene rings is 1. The van der Waals surface area contributed by atoms with Gasteiger partial charge in [-0.2, -0.15) is 0 Å². The summed E-state index contributed by atoms with van der Waals surface area (Å²) >= 11 is 5.92. The average molecular weight is 229 g/mol. The lowest BCUT2D eigenvalue weighted by Gasteiger charge is -2.07. The maximum Gasteiger partial charge on any atom is 0.195 e. The molecule has 0 saturated heterocycles. The van der Waals surface area contributed by atoms with Gasteiger partial charge < -0.3 is 9.47 Å². The number of hydrogen-bond donors (Lipinski definition) is 0. The standard InChI is InChI=1S/C11H13ClO3/c1-8-3-4-11(10(12)5-8)15-7-9(13)6-14-2/h3-5H,6-7H2,1-2H3. The summed E-state index contributed by atoms with van der Waals surface area (Å²) in [6, 6.07) is 5.41. The second-order valence-corrected chi connectivity index (χ2v) is 3.60. The zero-order valence-electron chi connectivity index (χ0n) is 8.75. The zero-order valence-corrected chi connectivity index (χ0v) is 9.50. The highest BCUT2D eigenvalue weighted by Gasteiger charge is 2.05. The van der Waals surface area contributed by atoms with Crippen LogP contribution in [0, 0.1) is 6.92 Å². The van der Waals surface area contributed by atoms with Gasteiger partial charge in [-0.05, 0) is 24.6 Å². The Bertz CT molecular complexity index is 350. The fourth-order valence-corrected chi connectivity index (χ4v) is 1.37. The first kappa shape index (κ1) is 12.0. The van der Waals surface area contributed by atoms with Gasteiger partial charge in [0.15, 0.2) is 5.78 Å². The molecule has 15 heavy (non-hydrogen) atoms. The summed E-state index contributed by atoms with van der Waals surface area (Å²) in [5.41, 5.74) is 1.05. The van der Waals surface area contributed by atoms with Gasteiger partial charge in [0.1, 0.15) is 19.0 Å². The lowest BCUT2D eigenvalue weighted by atomic mass is 10.2. The van der Waals surface area contributed by atoms with E-state index in [9.17, 15) is 4.79 Å². The van der Waals surface area contributed by atoms with E-state index in [2.05, 4.69) is 4.74 Å². The third-order valence-electron chi connectivity index (χ3n) is 1.78. The largest absolute Gasteiger partial charge is 0.484 e. The van der Waals surface area contributed by atoms with Gasteiger partial charge in [0.2, 0.25) is 0 Å². The van der Waals surface area contributed by atoms with Crippen molar-refractivity contribution in [2.45, 2.75) is 6.92 Å². The van der Waals surface area contributed by atoms with Gasteiger partial charge in [0, 0.05) is 7.11 Å². The number of Topliss-reactive ketones (excluding diaryl/α,β-unsaturated/α-hetero) is 1. The highest BCUT2D eigenvalue weighted by molar-refractivity contribution is 6.32. The Morgan fingerprint density at radius 3 is 2.73 bits per heavy atom. The normalized spacial score (nSPS) is 10.1. The van der Waals surface area contributed by atoms with E-state index in [0.717, 1.165) is 5.56 Å². The Hall–Kier alpha value is -1.06. The number of carbonyl (C=O) groups is 1. The number of aryl methyl sites for hydroxylation is 1. The first-order valence-electron chi connectivity index (χ1n) is 4.53. The second kappa shape index (κ2) is 5.73. The lowest BCUT2D eigenvalue weighted by Crippen LogP contribution is -2.16. The summed E-state index contributed by atoms with van der Waals surface area (Å²) in [4.78, 5) is 11.1. The molecule has 3 nitrogen and oxygen atoms in total. The monoisotopic (exact) mass is 228 g/mol. The lowest BCUT2D eigenvalue weighted by molar-refractivity contribution is -0.124. The van der Waals surface area contributed by atoms with Crippen molar-refractivity contribution in [3.63, 3.8) is 0 Å². The number of halogens is 1. The van der Waals surface area contributed by atoms with E-state index in [1.54, 1.807) is 12.1 Å². The van der Waals surface area contributed by atoms with Crippen LogP contribution in [-0.2, 0) is 9.53 Å². The minimum absolute atomic E-state index is 0.0172. The molecule has 0 saturated carbocycles. The molecule has 1 aromatic carbocycles. The van der Waals surface area contributed by atoms with Crippen LogP contribution in [0.1, 0.15) is 5.56 Å². The van der Waals surface area contributed by atoms with Crippen LogP contribution in [0.3, 0.4) is 0 Å². The van der Waals surface area contributed by atoms with Crippen LogP contribution in [0.2, 0.25) is 5.02 Å². The molecule has 0 aliphatic carbocycles. The molecule has 0 N–H and O–H groups in total.